The van der Waals surface area contributed by atoms with Crippen molar-refractivity contribution in [1.29, 1.82) is 0 Å². The van der Waals surface area contributed by atoms with Crippen LogP contribution in [0.5, 0.6) is 0 Å². The van der Waals surface area contributed by atoms with Crippen LogP contribution in [0.15, 0.2) is 24.5 Å². The number of nitrogens with one attached hydrogen (secondary N) is 1. The van der Waals surface area contributed by atoms with Crippen molar-refractivity contribution in [3.8, 4) is 11.4 Å². The van der Waals surface area contributed by atoms with Crippen molar-refractivity contribution in [2.45, 2.75) is 33.1 Å². The zero-order valence-electron chi connectivity index (χ0n) is 12.2. The summed E-state index contributed by atoms with van der Waals surface area (Å²) < 4.78 is 1.09. The van der Waals surface area contributed by atoms with E-state index in [2.05, 4.69) is 65.6 Å². The third-order valence-electron chi connectivity index (χ3n) is 2.84. The third-order valence-corrected chi connectivity index (χ3v) is 3.87. The summed E-state index contributed by atoms with van der Waals surface area (Å²) in [5.74, 6) is 1.65. The van der Waals surface area contributed by atoms with Crippen LogP contribution in [0.3, 0.4) is 0 Å². The summed E-state index contributed by atoms with van der Waals surface area (Å²) in [5, 5.41) is 3.32. The van der Waals surface area contributed by atoms with Gasteiger partial charge in [0.15, 0.2) is 5.82 Å². The smallest absolute Gasteiger partial charge is 0.161 e. The lowest BCUT2D eigenvalue weighted by atomic mass is 9.91. The molecule has 1 N–H and O–H groups in total. The number of anilines is 1. The van der Waals surface area contributed by atoms with Crippen LogP contribution in [0, 0.1) is 3.57 Å². The van der Waals surface area contributed by atoms with Gasteiger partial charge < -0.3 is 5.32 Å². The highest BCUT2D eigenvalue weighted by Gasteiger charge is 2.23. The molecule has 0 aromatic carbocycles. The normalized spacial score (nSPS) is 11.4. The molecule has 0 amide bonds. The highest BCUT2D eigenvalue weighted by atomic mass is 127. The summed E-state index contributed by atoms with van der Waals surface area (Å²) >= 11 is 2.33. The molecule has 0 saturated carbocycles. The summed E-state index contributed by atoms with van der Waals surface area (Å²) in [4.78, 5) is 13.5. The number of hydrogen-bond donors (Lipinski definition) is 1. The van der Waals surface area contributed by atoms with Gasteiger partial charge >= 0.3 is 0 Å². The molecule has 2 aromatic heterocycles. The maximum absolute atomic E-state index is 4.77. The average Bonchev–Trinajstić information content (AvgIpc) is 2.41. The number of aromatic nitrogens is 3. The standard InChI is InChI=1S/C15H19IN4/c1-5-18-14-11(16)12(15(2,3)4)19-13(20-14)10-6-8-17-9-7-10/h6-9H,5H2,1-4H3,(H,18,19,20). The van der Waals surface area contributed by atoms with Gasteiger partial charge in [-0.3, -0.25) is 4.98 Å². The van der Waals surface area contributed by atoms with Crippen LogP contribution in [0.1, 0.15) is 33.4 Å². The zero-order chi connectivity index (χ0) is 14.8. The van der Waals surface area contributed by atoms with Crippen LogP contribution in [-0.4, -0.2) is 21.5 Å². The molecule has 0 aliphatic heterocycles. The van der Waals surface area contributed by atoms with Crippen LogP contribution in [0.2, 0.25) is 0 Å². The zero-order valence-corrected chi connectivity index (χ0v) is 14.4. The maximum Gasteiger partial charge on any atom is 0.161 e. The molecule has 2 aromatic rings. The van der Waals surface area contributed by atoms with Crippen molar-refractivity contribution < 1.29 is 0 Å². The highest BCUT2D eigenvalue weighted by molar-refractivity contribution is 14.1. The predicted octanol–water partition coefficient (Wildman–Crippen LogP) is 3.87. The van der Waals surface area contributed by atoms with Crippen LogP contribution < -0.4 is 5.32 Å². The van der Waals surface area contributed by atoms with Crippen molar-refractivity contribution in [2.24, 2.45) is 0 Å². The van der Waals surface area contributed by atoms with Gasteiger partial charge in [-0.2, -0.15) is 0 Å². The fourth-order valence-corrected chi connectivity index (χ4v) is 3.10. The molecule has 0 fully saturated rings. The Balaban J connectivity index is 2.62. The van der Waals surface area contributed by atoms with E-state index in [1.165, 1.54) is 0 Å². The lowest BCUT2D eigenvalue weighted by Crippen LogP contribution is -2.19. The first-order valence-corrected chi connectivity index (χ1v) is 7.73. The largest absolute Gasteiger partial charge is 0.369 e. The number of hydrogen-bond acceptors (Lipinski definition) is 4. The number of rotatable bonds is 3. The van der Waals surface area contributed by atoms with Gasteiger partial charge in [-0.1, -0.05) is 20.8 Å². The summed E-state index contributed by atoms with van der Waals surface area (Å²) in [5.41, 5.74) is 2.03. The van der Waals surface area contributed by atoms with Crippen LogP contribution in [0.25, 0.3) is 11.4 Å². The Bertz CT molecular complexity index is 591. The predicted molar refractivity (Wildman–Crippen MR) is 90.8 cm³/mol. The van der Waals surface area contributed by atoms with E-state index in [0.29, 0.717) is 0 Å². The fourth-order valence-electron chi connectivity index (χ4n) is 1.86. The van der Waals surface area contributed by atoms with Gasteiger partial charge in [0.05, 0.1) is 9.26 Å². The second kappa shape index (κ2) is 6.03. The van der Waals surface area contributed by atoms with E-state index >= 15 is 0 Å². The third kappa shape index (κ3) is 3.26. The first kappa shape index (κ1) is 15.2. The maximum atomic E-state index is 4.77. The molecule has 20 heavy (non-hydrogen) atoms. The van der Waals surface area contributed by atoms with Gasteiger partial charge in [-0.15, -0.1) is 0 Å². The van der Waals surface area contributed by atoms with Gasteiger partial charge in [0.2, 0.25) is 0 Å². The molecule has 5 heteroatoms. The van der Waals surface area contributed by atoms with Gasteiger partial charge in [0.1, 0.15) is 5.82 Å². The Labute approximate surface area is 133 Å². The monoisotopic (exact) mass is 382 g/mol. The lowest BCUT2D eigenvalue weighted by Gasteiger charge is -2.22. The lowest BCUT2D eigenvalue weighted by molar-refractivity contribution is 0.564. The fraction of sp³-hybridized carbons (Fsp3) is 0.400. The van der Waals surface area contributed by atoms with E-state index in [4.69, 9.17) is 4.98 Å². The van der Waals surface area contributed by atoms with Gasteiger partial charge in [0, 0.05) is 29.9 Å². The van der Waals surface area contributed by atoms with Crippen LogP contribution in [0.4, 0.5) is 5.82 Å². The molecule has 2 rings (SSSR count). The molecule has 0 saturated heterocycles. The molecular formula is C15H19IN4. The first-order chi connectivity index (χ1) is 9.43. The molecule has 0 spiro atoms. The van der Waals surface area contributed by atoms with Gasteiger partial charge in [0.25, 0.3) is 0 Å². The van der Waals surface area contributed by atoms with E-state index in [1.54, 1.807) is 12.4 Å². The van der Waals surface area contributed by atoms with E-state index in [1.807, 2.05) is 12.1 Å². The van der Waals surface area contributed by atoms with E-state index in [-0.39, 0.29) is 5.41 Å². The Kier molecular flexibility index (Phi) is 4.57. The minimum atomic E-state index is -0.0224. The van der Waals surface area contributed by atoms with E-state index in [0.717, 1.165) is 33.0 Å². The molecule has 0 radical (unpaired) electrons. The molecule has 4 nitrogen and oxygen atoms in total. The molecular weight excluding hydrogens is 363 g/mol. The SMILES string of the molecule is CCNc1nc(-c2ccncc2)nc(C(C)(C)C)c1I. The van der Waals surface area contributed by atoms with Crippen LogP contribution >= 0.6 is 22.6 Å². The number of nitrogens with zero attached hydrogens (tertiary/aromatic N) is 3. The van der Waals surface area contributed by atoms with Gasteiger partial charge in [-0.25, -0.2) is 9.97 Å². The summed E-state index contributed by atoms with van der Waals surface area (Å²) in [7, 11) is 0. The minimum absolute atomic E-state index is 0.0224. The summed E-state index contributed by atoms with van der Waals surface area (Å²) in [6.45, 7) is 9.42. The molecule has 0 atom stereocenters. The quantitative estimate of drug-likeness (QED) is 0.819. The average molecular weight is 382 g/mol. The Morgan fingerprint density at radius 1 is 1.15 bits per heavy atom. The van der Waals surface area contributed by atoms with Crippen LogP contribution in [-0.2, 0) is 5.41 Å². The van der Waals surface area contributed by atoms with E-state index < -0.39 is 0 Å². The first-order valence-electron chi connectivity index (χ1n) is 6.65. The minimum Gasteiger partial charge on any atom is -0.369 e. The topological polar surface area (TPSA) is 50.7 Å². The molecule has 2 heterocycles. The molecule has 0 aliphatic rings. The molecule has 0 bridgehead atoms. The number of pyridine rings is 1. The van der Waals surface area contributed by atoms with Crippen molar-refractivity contribution in [2.75, 3.05) is 11.9 Å². The summed E-state index contributed by atoms with van der Waals surface area (Å²) in [6.07, 6.45) is 3.53. The van der Waals surface area contributed by atoms with Crippen molar-refractivity contribution in [3.63, 3.8) is 0 Å². The molecule has 106 valence electrons. The van der Waals surface area contributed by atoms with Crippen molar-refractivity contribution in [3.05, 3.63) is 33.8 Å². The van der Waals surface area contributed by atoms with E-state index in [9.17, 15) is 0 Å². The van der Waals surface area contributed by atoms with Crippen molar-refractivity contribution in [1.82, 2.24) is 15.0 Å². The van der Waals surface area contributed by atoms with Gasteiger partial charge in [-0.05, 0) is 41.6 Å². The molecule has 0 unspecified atom stereocenters. The highest BCUT2D eigenvalue weighted by Crippen LogP contribution is 2.31. The molecule has 0 aliphatic carbocycles. The Hall–Kier alpha value is -1.24. The second-order valence-corrected chi connectivity index (χ2v) is 6.65. The summed E-state index contributed by atoms with van der Waals surface area (Å²) in [6, 6.07) is 3.87. The Morgan fingerprint density at radius 2 is 1.80 bits per heavy atom. The Morgan fingerprint density at radius 3 is 2.35 bits per heavy atom. The number of halogens is 1. The van der Waals surface area contributed by atoms with Crippen molar-refractivity contribution >= 4 is 28.4 Å². The second-order valence-electron chi connectivity index (χ2n) is 5.57.